The molecule has 4 aromatic rings. The summed E-state index contributed by atoms with van der Waals surface area (Å²) in [5.41, 5.74) is -9.63. The summed E-state index contributed by atoms with van der Waals surface area (Å²) in [7, 11) is 0. The van der Waals surface area contributed by atoms with Crippen molar-refractivity contribution in [2.75, 3.05) is 6.61 Å². The first-order chi connectivity index (χ1) is 34.5. The van der Waals surface area contributed by atoms with Crippen molar-refractivity contribution in [1.82, 2.24) is 5.32 Å². The number of benzene rings is 4. The summed E-state index contributed by atoms with van der Waals surface area (Å²) < 4.78 is 80.2. The van der Waals surface area contributed by atoms with Crippen molar-refractivity contribution in [1.29, 1.82) is 0 Å². The number of nitrogens with one attached hydrogen (secondary N) is 1. The lowest BCUT2D eigenvalue weighted by atomic mass is 9.44. The molecule has 73 heavy (non-hydrogen) atoms. The van der Waals surface area contributed by atoms with Crippen molar-refractivity contribution in [3.63, 3.8) is 0 Å². The van der Waals surface area contributed by atoms with E-state index in [1.807, 2.05) is 0 Å². The molecule has 0 radical (unpaired) electrons. The van der Waals surface area contributed by atoms with Crippen LogP contribution in [0.25, 0.3) is 0 Å². The van der Waals surface area contributed by atoms with Crippen LogP contribution in [0, 0.1) is 34.2 Å². The lowest BCUT2D eigenvalue weighted by Gasteiger charge is -2.67. The van der Waals surface area contributed by atoms with Gasteiger partial charge in [-0.15, -0.1) is 0 Å². The molecule has 4 aliphatic rings. The van der Waals surface area contributed by atoms with Crippen LogP contribution in [0.3, 0.4) is 0 Å². The van der Waals surface area contributed by atoms with Crippen LogP contribution >= 0.6 is 0 Å². The second kappa shape index (κ2) is 19.7. The molecule has 3 fully saturated rings. The minimum atomic E-state index is -2.59. The number of esters is 5. The fourth-order valence-electron chi connectivity index (χ4n) is 11.1. The quantitative estimate of drug-likeness (QED) is 0.0639. The molecular formula is C54H52F3NO15. The molecule has 4 aromatic carbocycles. The second-order valence-electron chi connectivity index (χ2n) is 19.5. The molecule has 2 saturated carbocycles. The number of amides is 1. The number of Topliss-reactive ketones (excluding diaryl/α,β-unsaturated/α-hetero) is 1. The van der Waals surface area contributed by atoms with Crippen molar-refractivity contribution in [3.8, 4) is 0 Å². The number of rotatable bonds is 12. The number of hydrogen-bond acceptors (Lipinski definition) is 15. The average molecular weight is 1010 g/mol. The number of ether oxygens (including phenoxy) is 6. The molecule has 11 atom stereocenters. The Hall–Kier alpha value is -7.22. The van der Waals surface area contributed by atoms with Crippen molar-refractivity contribution in [3.05, 3.63) is 154 Å². The summed E-state index contributed by atoms with van der Waals surface area (Å²) >= 11 is 0. The number of halogens is 3. The minimum Gasteiger partial charge on any atom is -0.455 e. The molecule has 0 aromatic heterocycles. The van der Waals surface area contributed by atoms with Crippen molar-refractivity contribution < 1.29 is 85.4 Å². The Morgan fingerprint density at radius 3 is 1.95 bits per heavy atom. The molecule has 1 heterocycles. The van der Waals surface area contributed by atoms with Crippen LogP contribution in [-0.2, 0) is 47.6 Å². The first-order valence-corrected chi connectivity index (χ1v) is 23.3. The zero-order valence-corrected chi connectivity index (χ0v) is 40.4. The van der Waals surface area contributed by atoms with Crippen LogP contribution in [0.1, 0.15) is 97.1 Å². The predicted molar refractivity (Wildman–Crippen MR) is 247 cm³/mol. The molecule has 1 amide bonds. The van der Waals surface area contributed by atoms with E-state index in [2.05, 4.69) is 5.32 Å². The Labute approximate surface area is 416 Å². The van der Waals surface area contributed by atoms with Gasteiger partial charge in [-0.3, -0.25) is 19.2 Å². The number of hydrogen-bond donors (Lipinski definition) is 3. The third-order valence-corrected chi connectivity index (χ3v) is 14.9. The standard InChI is InChI=1S/C54H52F3NO15/c1-27-35(70-50(66)43(71-49(65)33-22-23-34(55)40(57)39(33)56)41(30-16-10-7-11-17-30)58-47(63)31-18-12-8-13-19-31)25-54(67)46(72-48(64)32-20-14-9-15-21-32)44-52(6,36(61)24-37-53(44,26-68-37)73-29(3)60)45(62)42(69-28(2)59)38(27)51(54,4)5/h7-23,35-37,41-44,46,61,67H,24-26H2,1-6H3,(H,58,63)/t35-,36-,37+,41-,42+,43+,44?,46-,52+,53-,54+/m0/s1. The maximum atomic E-state index is 15.7. The van der Waals surface area contributed by atoms with Crippen LogP contribution in [0.2, 0.25) is 0 Å². The average Bonchev–Trinajstić information content (AvgIpc) is 3.35. The number of aliphatic hydroxyl groups excluding tert-OH is 1. The van der Waals surface area contributed by atoms with E-state index in [4.69, 9.17) is 28.4 Å². The Kier molecular flexibility index (Phi) is 14.0. The fourth-order valence-corrected chi connectivity index (χ4v) is 11.1. The highest BCUT2D eigenvalue weighted by Crippen LogP contribution is 2.64. The molecule has 1 unspecified atom stereocenters. The van der Waals surface area contributed by atoms with Crippen LogP contribution in [0.4, 0.5) is 13.2 Å². The van der Waals surface area contributed by atoms with Crippen LogP contribution in [0.5, 0.6) is 0 Å². The monoisotopic (exact) mass is 1010 g/mol. The van der Waals surface area contributed by atoms with Crippen molar-refractivity contribution >= 4 is 41.5 Å². The van der Waals surface area contributed by atoms with Gasteiger partial charge in [0, 0.05) is 37.7 Å². The molecule has 384 valence electrons. The van der Waals surface area contributed by atoms with Gasteiger partial charge >= 0.3 is 29.8 Å². The highest BCUT2D eigenvalue weighted by atomic mass is 19.2. The molecule has 3 aliphatic carbocycles. The number of carbonyl (C=O) groups excluding carboxylic acids is 7. The van der Waals surface area contributed by atoms with Gasteiger partial charge in [0.15, 0.2) is 34.9 Å². The highest BCUT2D eigenvalue weighted by Gasteiger charge is 2.78. The largest absolute Gasteiger partial charge is 0.455 e. The molecule has 16 nitrogen and oxygen atoms in total. The second-order valence-corrected chi connectivity index (χ2v) is 19.5. The maximum Gasteiger partial charge on any atom is 0.350 e. The van der Waals surface area contributed by atoms with Gasteiger partial charge in [-0.05, 0) is 67.0 Å². The van der Waals surface area contributed by atoms with E-state index in [9.17, 15) is 43.0 Å². The molecule has 0 spiro atoms. The Bertz CT molecular complexity index is 2900. The number of aliphatic hydroxyl groups is 2. The Morgan fingerprint density at radius 1 is 0.767 bits per heavy atom. The van der Waals surface area contributed by atoms with Crippen LogP contribution in [0.15, 0.2) is 114 Å². The van der Waals surface area contributed by atoms with Gasteiger partial charge in [0.05, 0.1) is 35.2 Å². The summed E-state index contributed by atoms with van der Waals surface area (Å²) in [4.78, 5) is 99.6. The number of carbonyl (C=O) groups is 7. The summed E-state index contributed by atoms with van der Waals surface area (Å²) in [5.74, 6) is -15.2. The van der Waals surface area contributed by atoms with Gasteiger partial charge in [0.2, 0.25) is 6.10 Å². The molecule has 3 N–H and O–H groups in total. The lowest BCUT2D eigenvalue weighted by Crippen LogP contribution is -2.82. The van der Waals surface area contributed by atoms with Gasteiger partial charge in [-0.1, -0.05) is 80.6 Å². The number of ketones is 1. The van der Waals surface area contributed by atoms with Gasteiger partial charge in [0.1, 0.15) is 30.0 Å². The lowest BCUT2D eigenvalue weighted by molar-refractivity contribution is -0.346. The molecule has 1 saturated heterocycles. The van der Waals surface area contributed by atoms with Crippen molar-refractivity contribution in [2.45, 2.75) is 108 Å². The molecule has 19 heteroatoms. The molecular weight excluding hydrogens is 960 g/mol. The predicted octanol–water partition coefficient (Wildman–Crippen LogP) is 6.02. The van der Waals surface area contributed by atoms with Gasteiger partial charge < -0.3 is 44.0 Å². The zero-order chi connectivity index (χ0) is 52.9. The van der Waals surface area contributed by atoms with E-state index < -0.39 is 148 Å². The van der Waals surface area contributed by atoms with Crippen molar-refractivity contribution in [2.24, 2.45) is 16.7 Å². The summed E-state index contributed by atoms with van der Waals surface area (Å²) in [6.45, 7) is 7.38. The molecule has 2 bridgehead atoms. The van der Waals surface area contributed by atoms with Gasteiger partial charge in [-0.2, -0.15) is 0 Å². The van der Waals surface area contributed by atoms with Crippen LogP contribution in [-0.4, -0.2) is 106 Å². The SMILES string of the molecule is CC(=O)O[C@H]1C(=O)[C@@]2(C)C([C@H](OC(=O)c3ccccc3)[C@]3(O)C[C@H](OC(=O)[C@H](OC(=O)c4ccc(F)c(F)c4F)[C@@H](NC(=O)c4ccccc4)c4ccccc4)C(C)=C1C3(C)C)[C@]1(OC(C)=O)CO[C@@H]1C[C@@H]2O. The highest BCUT2D eigenvalue weighted by molar-refractivity contribution is 5.97. The van der Waals surface area contributed by atoms with Gasteiger partial charge in [-0.25, -0.2) is 27.6 Å². The summed E-state index contributed by atoms with van der Waals surface area (Å²) in [6, 6.07) is 22.1. The Balaban J connectivity index is 1.32. The van der Waals surface area contributed by atoms with Crippen LogP contribution < -0.4 is 5.32 Å². The zero-order valence-electron chi connectivity index (χ0n) is 40.4. The minimum absolute atomic E-state index is 0.0102. The normalized spacial score (nSPS) is 28.7. The molecule has 8 rings (SSSR count). The molecule has 1 aliphatic heterocycles. The van der Waals surface area contributed by atoms with E-state index in [0.717, 1.165) is 13.8 Å². The van der Waals surface area contributed by atoms with E-state index in [1.165, 1.54) is 76.2 Å². The van der Waals surface area contributed by atoms with E-state index >= 15 is 14.0 Å². The topological polar surface area (TPSA) is 227 Å². The third-order valence-electron chi connectivity index (χ3n) is 14.9. The Morgan fingerprint density at radius 2 is 1.37 bits per heavy atom. The first kappa shape index (κ1) is 52.1. The third kappa shape index (κ3) is 8.96. The number of fused-ring (bicyclic) bond motifs is 5. The summed E-state index contributed by atoms with van der Waals surface area (Å²) in [6.07, 6.45) is -11.9. The summed E-state index contributed by atoms with van der Waals surface area (Å²) in [5, 5.41) is 28.8. The fraction of sp³-hybridized carbons (Fsp3) is 0.389. The van der Waals surface area contributed by atoms with Gasteiger partial charge in [0.25, 0.3) is 5.91 Å². The first-order valence-electron chi connectivity index (χ1n) is 23.3. The van der Waals surface area contributed by atoms with E-state index in [-0.39, 0.29) is 34.3 Å². The maximum absolute atomic E-state index is 15.7. The smallest absolute Gasteiger partial charge is 0.350 e. The van der Waals surface area contributed by atoms with E-state index in [0.29, 0.717) is 12.1 Å². The van der Waals surface area contributed by atoms with E-state index in [1.54, 1.807) is 42.5 Å².